The standard InChI is InChI=1S/C14H14N2O4S2/c17-12(16-5-6-20-10(7-16)13(18)19)8-21-14-15-9-3-1-2-4-11(9)22-14/h1-4,10H,5-8H2,(H,18,19). The highest BCUT2D eigenvalue weighted by Crippen LogP contribution is 2.29. The lowest BCUT2D eigenvalue weighted by Crippen LogP contribution is -2.49. The van der Waals surface area contributed by atoms with Crippen LogP contribution in [0.2, 0.25) is 0 Å². The van der Waals surface area contributed by atoms with Crippen molar-refractivity contribution in [3.05, 3.63) is 24.3 Å². The number of thiazole rings is 1. The molecule has 1 aromatic heterocycles. The van der Waals surface area contributed by atoms with Gasteiger partial charge in [0.15, 0.2) is 10.4 Å². The van der Waals surface area contributed by atoms with Crippen molar-refractivity contribution in [2.75, 3.05) is 25.4 Å². The van der Waals surface area contributed by atoms with Crippen molar-refractivity contribution in [2.45, 2.75) is 10.4 Å². The number of hydrogen-bond acceptors (Lipinski definition) is 6. The number of thioether (sulfide) groups is 1. The van der Waals surface area contributed by atoms with Crippen LogP contribution >= 0.6 is 23.1 Å². The average Bonchev–Trinajstić information content (AvgIpc) is 2.95. The molecular weight excluding hydrogens is 324 g/mol. The lowest BCUT2D eigenvalue weighted by molar-refractivity contribution is -0.158. The second-order valence-corrected chi connectivity index (χ2v) is 7.03. The van der Waals surface area contributed by atoms with Gasteiger partial charge in [0.1, 0.15) is 0 Å². The van der Waals surface area contributed by atoms with Crippen molar-refractivity contribution in [3.63, 3.8) is 0 Å². The Hall–Kier alpha value is -1.64. The normalized spacial score (nSPS) is 18.5. The number of carboxylic acid groups (broad SMARTS) is 1. The first kappa shape index (κ1) is 15.3. The van der Waals surface area contributed by atoms with Gasteiger partial charge < -0.3 is 14.7 Å². The van der Waals surface area contributed by atoms with E-state index in [4.69, 9.17) is 9.84 Å². The van der Waals surface area contributed by atoms with Gasteiger partial charge in [-0.2, -0.15) is 0 Å². The largest absolute Gasteiger partial charge is 0.479 e. The number of para-hydroxylation sites is 1. The van der Waals surface area contributed by atoms with Crippen molar-refractivity contribution < 1.29 is 19.4 Å². The highest BCUT2D eigenvalue weighted by atomic mass is 32.2. The Morgan fingerprint density at radius 2 is 2.27 bits per heavy atom. The van der Waals surface area contributed by atoms with E-state index in [1.54, 1.807) is 16.2 Å². The predicted octanol–water partition coefficient (Wildman–Crippen LogP) is 1.70. The number of benzene rings is 1. The minimum absolute atomic E-state index is 0.0844. The summed E-state index contributed by atoms with van der Waals surface area (Å²) in [5, 5.41) is 8.95. The summed E-state index contributed by atoms with van der Waals surface area (Å²) >= 11 is 2.94. The molecule has 2 heterocycles. The van der Waals surface area contributed by atoms with Crippen LogP contribution in [0, 0.1) is 0 Å². The SMILES string of the molecule is O=C(O)C1CN(C(=O)CSc2nc3ccccc3s2)CCO1. The third kappa shape index (κ3) is 3.40. The fourth-order valence-electron chi connectivity index (χ4n) is 2.15. The smallest absolute Gasteiger partial charge is 0.334 e. The molecular formula is C14H14N2O4S2. The zero-order chi connectivity index (χ0) is 15.5. The Kier molecular flexibility index (Phi) is 4.60. The molecule has 1 N–H and O–H groups in total. The Labute approximate surface area is 135 Å². The Balaban J connectivity index is 1.58. The molecule has 6 nitrogen and oxygen atoms in total. The fraction of sp³-hybridized carbons (Fsp3) is 0.357. The van der Waals surface area contributed by atoms with E-state index < -0.39 is 12.1 Å². The van der Waals surface area contributed by atoms with Gasteiger partial charge in [0.25, 0.3) is 0 Å². The molecule has 1 aliphatic rings. The summed E-state index contributed by atoms with van der Waals surface area (Å²) in [5.74, 6) is -0.860. The van der Waals surface area contributed by atoms with Gasteiger partial charge in [-0.1, -0.05) is 23.9 Å². The highest BCUT2D eigenvalue weighted by molar-refractivity contribution is 8.01. The van der Waals surface area contributed by atoms with E-state index in [2.05, 4.69) is 4.98 Å². The molecule has 1 amide bonds. The summed E-state index contributed by atoms with van der Waals surface area (Å²) in [6.45, 7) is 0.798. The van der Waals surface area contributed by atoms with Crippen LogP contribution in [0.15, 0.2) is 28.6 Å². The van der Waals surface area contributed by atoms with E-state index in [1.807, 2.05) is 24.3 Å². The molecule has 116 valence electrons. The van der Waals surface area contributed by atoms with Crippen molar-refractivity contribution in [2.24, 2.45) is 0 Å². The van der Waals surface area contributed by atoms with Gasteiger partial charge in [-0.25, -0.2) is 9.78 Å². The van der Waals surface area contributed by atoms with Crippen molar-refractivity contribution in [3.8, 4) is 0 Å². The van der Waals surface area contributed by atoms with Gasteiger partial charge in [0.2, 0.25) is 5.91 Å². The van der Waals surface area contributed by atoms with Crippen LogP contribution in [0.1, 0.15) is 0 Å². The van der Waals surface area contributed by atoms with Crippen molar-refractivity contribution in [1.82, 2.24) is 9.88 Å². The maximum atomic E-state index is 12.2. The van der Waals surface area contributed by atoms with Crippen LogP contribution in [0.3, 0.4) is 0 Å². The van der Waals surface area contributed by atoms with E-state index in [-0.39, 0.29) is 24.8 Å². The first-order chi connectivity index (χ1) is 10.6. The molecule has 22 heavy (non-hydrogen) atoms. The fourth-order valence-corrected chi connectivity index (χ4v) is 4.12. The van der Waals surface area contributed by atoms with Crippen LogP contribution in [0.5, 0.6) is 0 Å². The number of amides is 1. The summed E-state index contributed by atoms with van der Waals surface area (Å²) in [5.41, 5.74) is 0.930. The summed E-state index contributed by atoms with van der Waals surface area (Å²) in [6, 6.07) is 7.83. The number of morpholine rings is 1. The van der Waals surface area contributed by atoms with Crippen LogP contribution in [-0.4, -0.2) is 58.4 Å². The number of carboxylic acids is 1. The average molecular weight is 338 g/mol. The Morgan fingerprint density at radius 3 is 3.05 bits per heavy atom. The summed E-state index contributed by atoms with van der Waals surface area (Å²) in [6.07, 6.45) is -0.926. The summed E-state index contributed by atoms with van der Waals surface area (Å²) in [4.78, 5) is 29.1. The number of hydrogen-bond donors (Lipinski definition) is 1. The van der Waals surface area contributed by atoms with Crippen LogP contribution in [0.4, 0.5) is 0 Å². The topological polar surface area (TPSA) is 79.7 Å². The number of rotatable bonds is 4. The van der Waals surface area contributed by atoms with Gasteiger partial charge in [0.05, 0.1) is 29.1 Å². The molecule has 0 aliphatic carbocycles. The second kappa shape index (κ2) is 6.64. The molecule has 1 atom stereocenters. The van der Waals surface area contributed by atoms with E-state index in [0.717, 1.165) is 14.6 Å². The summed E-state index contributed by atoms with van der Waals surface area (Å²) in [7, 11) is 0. The molecule has 0 saturated carbocycles. The molecule has 1 aromatic carbocycles. The molecule has 3 rings (SSSR count). The van der Waals surface area contributed by atoms with Crippen molar-refractivity contribution >= 4 is 45.2 Å². The predicted molar refractivity (Wildman–Crippen MR) is 84.3 cm³/mol. The molecule has 1 unspecified atom stereocenters. The zero-order valence-corrected chi connectivity index (χ0v) is 13.2. The van der Waals surface area contributed by atoms with Crippen LogP contribution in [0.25, 0.3) is 10.2 Å². The maximum absolute atomic E-state index is 12.2. The first-order valence-corrected chi connectivity index (χ1v) is 8.54. The van der Waals surface area contributed by atoms with Crippen LogP contribution in [-0.2, 0) is 14.3 Å². The number of fused-ring (bicyclic) bond motifs is 1. The van der Waals surface area contributed by atoms with Gasteiger partial charge >= 0.3 is 5.97 Å². The third-order valence-corrected chi connectivity index (χ3v) is 5.45. The molecule has 0 bridgehead atoms. The Morgan fingerprint density at radius 1 is 1.45 bits per heavy atom. The lowest BCUT2D eigenvalue weighted by Gasteiger charge is -2.30. The zero-order valence-electron chi connectivity index (χ0n) is 11.6. The molecule has 1 saturated heterocycles. The highest BCUT2D eigenvalue weighted by Gasteiger charge is 2.28. The number of aliphatic carboxylic acids is 1. The second-order valence-electron chi connectivity index (χ2n) is 4.77. The van der Waals surface area contributed by atoms with E-state index in [0.29, 0.717) is 6.54 Å². The number of aromatic nitrogens is 1. The lowest BCUT2D eigenvalue weighted by atomic mass is 10.3. The van der Waals surface area contributed by atoms with Gasteiger partial charge in [0, 0.05) is 6.54 Å². The van der Waals surface area contributed by atoms with Gasteiger partial charge in [-0.3, -0.25) is 4.79 Å². The number of ether oxygens (including phenoxy) is 1. The van der Waals surface area contributed by atoms with Gasteiger partial charge in [-0.05, 0) is 12.1 Å². The van der Waals surface area contributed by atoms with E-state index in [1.165, 1.54) is 11.8 Å². The first-order valence-electron chi connectivity index (χ1n) is 6.74. The molecule has 0 radical (unpaired) electrons. The van der Waals surface area contributed by atoms with Gasteiger partial charge in [-0.15, -0.1) is 11.3 Å². The molecule has 1 fully saturated rings. The molecule has 0 spiro atoms. The van der Waals surface area contributed by atoms with Crippen LogP contribution < -0.4 is 0 Å². The molecule has 8 heteroatoms. The maximum Gasteiger partial charge on any atom is 0.334 e. The monoisotopic (exact) mass is 338 g/mol. The number of nitrogens with zero attached hydrogens (tertiary/aromatic N) is 2. The van der Waals surface area contributed by atoms with Crippen molar-refractivity contribution in [1.29, 1.82) is 0 Å². The Bertz CT molecular complexity index is 670. The van der Waals surface area contributed by atoms with E-state index in [9.17, 15) is 9.59 Å². The minimum atomic E-state index is -1.03. The molecule has 2 aromatic rings. The quantitative estimate of drug-likeness (QED) is 0.855. The number of carbonyl (C=O) groups excluding carboxylic acids is 1. The molecule has 1 aliphatic heterocycles. The third-order valence-electron chi connectivity index (χ3n) is 3.29. The minimum Gasteiger partial charge on any atom is -0.479 e. The summed E-state index contributed by atoms with van der Waals surface area (Å²) < 4.78 is 7.05. The van der Waals surface area contributed by atoms with E-state index >= 15 is 0 Å². The number of carbonyl (C=O) groups is 2.